The first kappa shape index (κ1) is 19.1. The molecular weight excluding hydrogens is 390 g/mol. The Morgan fingerprint density at radius 2 is 1.58 bits per heavy atom. The summed E-state index contributed by atoms with van der Waals surface area (Å²) in [4.78, 5) is 26.5. The first-order valence-electron chi connectivity index (χ1n) is 10.3. The standard InChI is InChI=1S/C24H23N5O2/c1-17-22(20-5-2-3-6-21(20)29(17)24-25-11-4-12-26-24)23(31)28-15-13-27(14-16-28)18-7-9-19(30)10-8-18/h2-12,30H,13-16H2,1H3. The van der Waals surface area contributed by atoms with Gasteiger partial charge in [-0.2, -0.15) is 0 Å². The topological polar surface area (TPSA) is 74.5 Å². The molecule has 1 aliphatic rings. The average Bonchev–Trinajstić information content (AvgIpc) is 3.11. The summed E-state index contributed by atoms with van der Waals surface area (Å²) in [5, 5.41) is 10.4. The molecule has 0 saturated carbocycles. The maximum atomic E-state index is 13.6. The minimum atomic E-state index is 0.0359. The van der Waals surface area contributed by atoms with Gasteiger partial charge in [-0.3, -0.25) is 9.36 Å². The smallest absolute Gasteiger partial charge is 0.256 e. The lowest BCUT2D eigenvalue weighted by Gasteiger charge is -2.36. The van der Waals surface area contributed by atoms with Crippen LogP contribution >= 0.6 is 0 Å². The number of hydrogen-bond donors (Lipinski definition) is 1. The van der Waals surface area contributed by atoms with Crippen LogP contribution in [-0.2, 0) is 0 Å². The molecule has 0 unspecified atom stereocenters. The fourth-order valence-electron chi connectivity index (χ4n) is 4.29. The molecule has 0 atom stereocenters. The van der Waals surface area contributed by atoms with Gasteiger partial charge in [-0.15, -0.1) is 0 Å². The number of rotatable bonds is 3. The summed E-state index contributed by atoms with van der Waals surface area (Å²) in [7, 11) is 0. The Morgan fingerprint density at radius 3 is 2.29 bits per heavy atom. The van der Waals surface area contributed by atoms with Crippen molar-refractivity contribution in [1.82, 2.24) is 19.4 Å². The van der Waals surface area contributed by atoms with Gasteiger partial charge in [0.15, 0.2) is 0 Å². The molecule has 0 spiro atoms. The predicted molar refractivity (Wildman–Crippen MR) is 120 cm³/mol. The number of benzene rings is 2. The van der Waals surface area contributed by atoms with Gasteiger partial charge >= 0.3 is 0 Å². The Labute approximate surface area is 180 Å². The quantitative estimate of drug-likeness (QED) is 0.557. The van der Waals surface area contributed by atoms with E-state index in [9.17, 15) is 9.90 Å². The summed E-state index contributed by atoms with van der Waals surface area (Å²) in [6.45, 7) is 4.73. The van der Waals surface area contributed by atoms with Crippen LogP contribution in [0.4, 0.5) is 5.69 Å². The SMILES string of the molecule is Cc1c(C(=O)N2CCN(c3ccc(O)cc3)CC2)c2ccccc2n1-c1ncccn1. The largest absolute Gasteiger partial charge is 0.508 e. The van der Waals surface area contributed by atoms with Gasteiger partial charge in [0, 0.05) is 55.3 Å². The highest BCUT2D eigenvalue weighted by Gasteiger charge is 2.28. The second-order valence-corrected chi connectivity index (χ2v) is 7.66. The van der Waals surface area contributed by atoms with Gasteiger partial charge < -0.3 is 14.9 Å². The monoisotopic (exact) mass is 413 g/mol. The Hall–Kier alpha value is -3.87. The Morgan fingerprint density at radius 1 is 0.903 bits per heavy atom. The van der Waals surface area contributed by atoms with Crippen molar-refractivity contribution in [3.8, 4) is 11.7 Å². The van der Waals surface area contributed by atoms with Crippen molar-refractivity contribution in [2.75, 3.05) is 31.1 Å². The predicted octanol–water partition coefficient (Wildman–Crippen LogP) is 3.40. The minimum absolute atomic E-state index is 0.0359. The molecule has 4 aromatic rings. The number of nitrogens with zero attached hydrogens (tertiary/aromatic N) is 5. The van der Waals surface area contributed by atoms with Crippen molar-refractivity contribution in [2.45, 2.75) is 6.92 Å². The summed E-state index contributed by atoms with van der Waals surface area (Å²) in [5.74, 6) is 0.855. The summed E-state index contributed by atoms with van der Waals surface area (Å²) in [6, 6.07) is 16.9. The number of aromatic hydroxyl groups is 1. The van der Waals surface area contributed by atoms with Crippen LogP contribution in [0.25, 0.3) is 16.9 Å². The summed E-state index contributed by atoms with van der Waals surface area (Å²) in [6.07, 6.45) is 3.42. The lowest BCUT2D eigenvalue weighted by Crippen LogP contribution is -2.48. The summed E-state index contributed by atoms with van der Waals surface area (Å²) < 4.78 is 1.95. The Bertz CT molecular complexity index is 1230. The number of carbonyl (C=O) groups is 1. The lowest BCUT2D eigenvalue weighted by molar-refractivity contribution is 0.0748. The molecule has 5 rings (SSSR count). The van der Waals surface area contributed by atoms with E-state index >= 15 is 0 Å². The minimum Gasteiger partial charge on any atom is -0.508 e. The molecule has 1 saturated heterocycles. The van der Waals surface area contributed by atoms with Gasteiger partial charge in [0.2, 0.25) is 5.95 Å². The zero-order valence-electron chi connectivity index (χ0n) is 17.3. The number of phenolic OH excluding ortho intramolecular Hbond substituents is 1. The first-order chi connectivity index (χ1) is 15.1. The van der Waals surface area contributed by atoms with Crippen LogP contribution in [0.2, 0.25) is 0 Å². The third kappa shape index (κ3) is 3.38. The molecule has 7 heteroatoms. The van der Waals surface area contributed by atoms with Crippen LogP contribution in [0.15, 0.2) is 67.0 Å². The molecular formula is C24H23N5O2. The first-order valence-corrected chi connectivity index (χ1v) is 10.3. The number of carbonyl (C=O) groups excluding carboxylic acids is 1. The van der Waals surface area contributed by atoms with E-state index in [1.165, 1.54) is 0 Å². The number of phenols is 1. The van der Waals surface area contributed by atoms with E-state index in [-0.39, 0.29) is 11.7 Å². The Kier molecular flexibility index (Phi) is 4.78. The molecule has 3 heterocycles. The summed E-state index contributed by atoms with van der Waals surface area (Å²) >= 11 is 0. The van der Waals surface area contributed by atoms with E-state index in [1.807, 2.05) is 52.8 Å². The fraction of sp³-hybridized carbons (Fsp3) is 0.208. The second-order valence-electron chi connectivity index (χ2n) is 7.66. The molecule has 2 aromatic heterocycles. The molecule has 1 aliphatic heterocycles. The zero-order valence-corrected chi connectivity index (χ0v) is 17.3. The van der Waals surface area contributed by atoms with E-state index < -0.39 is 0 Å². The number of amides is 1. The molecule has 7 nitrogen and oxygen atoms in total. The van der Waals surface area contributed by atoms with E-state index in [0.717, 1.165) is 35.4 Å². The van der Waals surface area contributed by atoms with Crippen LogP contribution in [0.3, 0.4) is 0 Å². The molecule has 1 N–H and O–H groups in total. The van der Waals surface area contributed by atoms with Crippen molar-refractivity contribution in [1.29, 1.82) is 0 Å². The highest BCUT2D eigenvalue weighted by molar-refractivity contribution is 6.09. The van der Waals surface area contributed by atoms with E-state index in [1.54, 1.807) is 30.6 Å². The maximum absolute atomic E-state index is 13.6. The van der Waals surface area contributed by atoms with Crippen molar-refractivity contribution >= 4 is 22.5 Å². The number of piperazine rings is 1. The third-order valence-corrected chi connectivity index (χ3v) is 5.86. The van der Waals surface area contributed by atoms with Crippen LogP contribution in [0.1, 0.15) is 16.1 Å². The number of para-hydroxylation sites is 1. The molecule has 1 fully saturated rings. The van der Waals surface area contributed by atoms with Crippen molar-refractivity contribution in [3.63, 3.8) is 0 Å². The van der Waals surface area contributed by atoms with E-state index in [4.69, 9.17) is 0 Å². The van der Waals surface area contributed by atoms with Gasteiger partial charge in [0.25, 0.3) is 5.91 Å². The molecule has 1 amide bonds. The summed E-state index contributed by atoms with van der Waals surface area (Å²) in [5.41, 5.74) is 3.54. The Balaban J connectivity index is 1.44. The molecule has 0 aliphatic carbocycles. The molecule has 2 aromatic carbocycles. The molecule has 156 valence electrons. The number of aromatic nitrogens is 3. The average molecular weight is 413 g/mol. The number of hydrogen-bond acceptors (Lipinski definition) is 5. The molecule has 0 radical (unpaired) electrons. The number of fused-ring (bicyclic) bond motifs is 1. The molecule has 31 heavy (non-hydrogen) atoms. The highest BCUT2D eigenvalue weighted by atomic mass is 16.3. The number of anilines is 1. The van der Waals surface area contributed by atoms with Crippen LogP contribution in [-0.4, -0.2) is 56.6 Å². The van der Waals surface area contributed by atoms with Crippen molar-refractivity contribution in [3.05, 3.63) is 78.2 Å². The zero-order chi connectivity index (χ0) is 21.4. The fourth-order valence-corrected chi connectivity index (χ4v) is 4.29. The van der Waals surface area contributed by atoms with Gasteiger partial charge in [0.1, 0.15) is 5.75 Å². The van der Waals surface area contributed by atoms with E-state index in [0.29, 0.717) is 24.6 Å². The van der Waals surface area contributed by atoms with Gasteiger partial charge in [-0.05, 0) is 43.3 Å². The maximum Gasteiger partial charge on any atom is 0.256 e. The van der Waals surface area contributed by atoms with E-state index in [2.05, 4.69) is 14.9 Å². The van der Waals surface area contributed by atoms with Crippen LogP contribution in [0.5, 0.6) is 5.75 Å². The van der Waals surface area contributed by atoms with Crippen molar-refractivity contribution in [2.24, 2.45) is 0 Å². The van der Waals surface area contributed by atoms with Crippen LogP contribution in [0, 0.1) is 6.92 Å². The van der Waals surface area contributed by atoms with Crippen molar-refractivity contribution < 1.29 is 9.90 Å². The highest BCUT2D eigenvalue weighted by Crippen LogP contribution is 2.29. The molecule has 0 bridgehead atoms. The third-order valence-electron chi connectivity index (χ3n) is 5.86. The lowest BCUT2D eigenvalue weighted by atomic mass is 10.1. The normalized spacial score (nSPS) is 14.2. The van der Waals surface area contributed by atoms with Gasteiger partial charge in [-0.25, -0.2) is 9.97 Å². The van der Waals surface area contributed by atoms with Crippen LogP contribution < -0.4 is 4.90 Å². The van der Waals surface area contributed by atoms with Gasteiger partial charge in [-0.1, -0.05) is 18.2 Å². The van der Waals surface area contributed by atoms with Gasteiger partial charge in [0.05, 0.1) is 11.1 Å². The second kappa shape index (κ2) is 7.75.